The number of fused-ring (bicyclic) bond motifs is 1. The van der Waals surface area contributed by atoms with Gasteiger partial charge in [0.1, 0.15) is 5.82 Å². The number of nitrogens with zero attached hydrogens (tertiary/aromatic N) is 2. The van der Waals surface area contributed by atoms with Gasteiger partial charge in [-0.25, -0.2) is 4.98 Å². The van der Waals surface area contributed by atoms with Crippen molar-refractivity contribution in [1.82, 2.24) is 14.9 Å². The third-order valence-corrected chi connectivity index (χ3v) is 4.80. The number of aromatic nitrogens is 2. The van der Waals surface area contributed by atoms with Crippen molar-refractivity contribution in [2.75, 3.05) is 6.54 Å². The molecule has 1 N–H and O–H groups in total. The van der Waals surface area contributed by atoms with E-state index in [1.54, 1.807) is 0 Å². The van der Waals surface area contributed by atoms with Crippen molar-refractivity contribution in [1.29, 1.82) is 0 Å². The smallest absolute Gasteiger partial charge is 0.261 e. The Labute approximate surface area is 133 Å². The molecule has 0 aliphatic carbocycles. The maximum atomic E-state index is 12.2. The molecular formula is C17H19N3OS. The predicted molar refractivity (Wildman–Crippen MR) is 90.4 cm³/mol. The van der Waals surface area contributed by atoms with Crippen molar-refractivity contribution in [2.24, 2.45) is 7.05 Å². The van der Waals surface area contributed by atoms with E-state index in [2.05, 4.69) is 27.9 Å². The molecule has 0 atom stereocenters. The molecule has 4 nitrogen and oxygen atoms in total. The second-order valence-electron chi connectivity index (χ2n) is 5.21. The first-order valence-electron chi connectivity index (χ1n) is 7.45. The van der Waals surface area contributed by atoms with Crippen LogP contribution in [0.25, 0.3) is 11.0 Å². The number of thiophene rings is 1. The van der Waals surface area contributed by atoms with E-state index in [0.717, 1.165) is 40.1 Å². The Balaban J connectivity index is 1.65. The van der Waals surface area contributed by atoms with E-state index in [0.29, 0.717) is 6.54 Å². The Morgan fingerprint density at radius 3 is 2.91 bits per heavy atom. The zero-order chi connectivity index (χ0) is 15.5. The number of amides is 1. The summed E-state index contributed by atoms with van der Waals surface area (Å²) >= 11 is 1.50. The lowest BCUT2D eigenvalue weighted by Crippen LogP contribution is -2.26. The molecular weight excluding hydrogens is 294 g/mol. The number of para-hydroxylation sites is 2. The van der Waals surface area contributed by atoms with Crippen LogP contribution in [0.3, 0.4) is 0 Å². The number of nitrogens with one attached hydrogen (secondary N) is 1. The number of carbonyl (C=O) groups excluding carboxylic acids is 1. The van der Waals surface area contributed by atoms with Crippen molar-refractivity contribution in [2.45, 2.75) is 19.8 Å². The van der Waals surface area contributed by atoms with E-state index >= 15 is 0 Å². The topological polar surface area (TPSA) is 46.9 Å². The van der Waals surface area contributed by atoms with Gasteiger partial charge in [0.2, 0.25) is 0 Å². The quantitative estimate of drug-likeness (QED) is 0.786. The molecule has 114 valence electrons. The lowest BCUT2D eigenvalue weighted by molar-refractivity contribution is 0.0957. The first-order valence-corrected chi connectivity index (χ1v) is 8.33. The maximum absolute atomic E-state index is 12.2. The molecule has 2 heterocycles. The lowest BCUT2D eigenvalue weighted by Gasteiger charge is -2.06. The number of carbonyl (C=O) groups is 1. The minimum Gasteiger partial charge on any atom is -0.351 e. The van der Waals surface area contributed by atoms with Crippen molar-refractivity contribution >= 4 is 28.3 Å². The standard InChI is InChI=1S/C17H19N3OS/c1-3-12-9-11-22-16(12)17(21)18-10-8-15-19-13-6-4-5-7-14(13)20(15)2/h4-7,9,11H,3,8,10H2,1-2H3,(H,18,21). The van der Waals surface area contributed by atoms with Crippen LogP contribution in [0.2, 0.25) is 0 Å². The Bertz CT molecular complexity index is 803. The highest BCUT2D eigenvalue weighted by molar-refractivity contribution is 7.12. The molecule has 0 fully saturated rings. The molecule has 0 aliphatic heterocycles. The van der Waals surface area contributed by atoms with Gasteiger partial charge in [-0.3, -0.25) is 4.79 Å². The predicted octanol–water partition coefficient (Wildman–Crippen LogP) is 3.17. The summed E-state index contributed by atoms with van der Waals surface area (Å²) in [6.45, 7) is 2.66. The third-order valence-electron chi connectivity index (χ3n) is 3.85. The van der Waals surface area contributed by atoms with Crippen LogP contribution in [0, 0.1) is 0 Å². The van der Waals surface area contributed by atoms with Crippen LogP contribution in [-0.4, -0.2) is 22.0 Å². The zero-order valence-corrected chi connectivity index (χ0v) is 13.6. The summed E-state index contributed by atoms with van der Waals surface area (Å²) < 4.78 is 2.09. The van der Waals surface area contributed by atoms with Gasteiger partial charge >= 0.3 is 0 Å². The molecule has 1 amide bonds. The molecule has 3 rings (SSSR count). The fourth-order valence-electron chi connectivity index (χ4n) is 2.60. The first kappa shape index (κ1) is 14.8. The molecule has 0 saturated carbocycles. The molecule has 0 unspecified atom stereocenters. The normalized spacial score (nSPS) is 11.0. The van der Waals surface area contributed by atoms with Crippen LogP contribution in [0.5, 0.6) is 0 Å². The van der Waals surface area contributed by atoms with E-state index < -0.39 is 0 Å². The minimum absolute atomic E-state index is 0.0191. The van der Waals surface area contributed by atoms with E-state index in [1.165, 1.54) is 11.3 Å². The monoisotopic (exact) mass is 313 g/mol. The van der Waals surface area contributed by atoms with Crippen LogP contribution in [-0.2, 0) is 19.9 Å². The highest BCUT2D eigenvalue weighted by Gasteiger charge is 2.12. The minimum atomic E-state index is 0.0191. The number of imidazole rings is 1. The second-order valence-corrected chi connectivity index (χ2v) is 6.13. The van der Waals surface area contributed by atoms with E-state index in [-0.39, 0.29) is 5.91 Å². The molecule has 0 aliphatic rings. The summed E-state index contributed by atoms with van der Waals surface area (Å²) in [6, 6.07) is 10.1. The van der Waals surface area contributed by atoms with Crippen molar-refractivity contribution < 1.29 is 4.79 Å². The lowest BCUT2D eigenvalue weighted by atomic mass is 10.2. The van der Waals surface area contributed by atoms with E-state index in [4.69, 9.17) is 0 Å². The average Bonchev–Trinajstić information content (AvgIpc) is 3.13. The average molecular weight is 313 g/mol. The molecule has 0 bridgehead atoms. The Morgan fingerprint density at radius 1 is 1.32 bits per heavy atom. The largest absolute Gasteiger partial charge is 0.351 e. The molecule has 0 spiro atoms. The van der Waals surface area contributed by atoms with Crippen molar-refractivity contribution in [3.05, 3.63) is 52.0 Å². The maximum Gasteiger partial charge on any atom is 0.261 e. The molecule has 5 heteroatoms. The summed E-state index contributed by atoms with van der Waals surface area (Å²) in [7, 11) is 2.01. The third kappa shape index (κ3) is 2.76. The molecule has 0 radical (unpaired) electrons. The molecule has 0 saturated heterocycles. The Morgan fingerprint density at radius 2 is 2.14 bits per heavy atom. The Hall–Kier alpha value is -2.14. The van der Waals surface area contributed by atoms with Crippen molar-refractivity contribution in [3.63, 3.8) is 0 Å². The summed E-state index contributed by atoms with van der Waals surface area (Å²) in [6.07, 6.45) is 1.61. The number of hydrogen-bond donors (Lipinski definition) is 1. The number of aryl methyl sites for hydroxylation is 2. The van der Waals surface area contributed by atoms with Gasteiger partial charge in [-0.1, -0.05) is 19.1 Å². The number of rotatable bonds is 5. The fourth-order valence-corrected chi connectivity index (χ4v) is 3.51. The number of hydrogen-bond acceptors (Lipinski definition) is 3. The summed E-state index contributed by atoms with van der Waals surface area (Å²) in [5.41, 5.74) is 3.23. The van der Waals surface area contributed by atoms with Gasteiger partial charge in [-0.2, -0.15) is 0 Å². The van der Waals surface area contributed by atoms with Gasteiger partial charge in [-0.15, -0.1) is 11.3 Å². The van der Waals surface area contributed by atoms with Gasteiger partial charge in [0.15, 0.2) is 0 Å². The first-order chi connectivity index (χ1) is 10.7. The Kier molecular flexibility index (Phi) is 4.24. The van der Waals surface area contributed by atoms with Crippen LogP contribution < -0.4 is 5.32 Å². The molecule has 2 aromatic heterocycles. The summed E-state index contributed by atoms with van der Waals surface area (Å²) in [4.78, 5) is 17.7. The van der Waals surface area contributed by atoms with Gasteiger partial charge in [0, 0.05) is 20.0 Å². The van der Waals surface area contributed by atoms with Gasteiger partial charge in [-0.05, 0) is 35.6 Å². The van der Waals surface area contributed by atoms with Crippen LogP contribution in [0.4, 0.5) is 0 Å². The van der Waals surface area contributed by atoms with Gasteiger partial charge < -0.3 is 9.88 Å². The SMILES string of the molecule is CCc1ccsc1C(=O)NCCc1nc2ccccc2n1C. The van der Waals surface area contributed by atoms with Crippen LogP contribution in [0.15, 0.2) is 35.7 Å². The highest BCUT2D eigenvalue weighted by atomic mass is 32.1. The van der Waals surface area contributed by atoms with E-state index in [1.807, 2.05) is 36.7 Å². The highest BCUT2D eigenvalue weighted by Crippen LogP contribution is 2.17. The molecule has 3 aromatic rings. The summed E-state index contributed by atoms with van der Waals surface area (Å²) in [5, 5.41) is 4.97. The van der Waals surface area contributed by atoms with Crippen molar-refractivity contribution in [3.8, 4) is 0 Å². The second kappa shape index (κ2) is 6.32. The molecule has 22 heavy (non-hydrogen) atoms. The fraction of sp³-hybridized carbons (Fsp3) is 0.294. The van der Waals surface area contributed by atoms with E-state index in [9.17, 15) is 4.79 Å². The molecule has 1 aromatic carbocycles. The summed E-state index contributed by atoms with van der Waals surface area (Å²) in [5.74, 6) is 1.01. The number of benzene rings is 1. The van der Waals surface area contributed by atoms with Crippen LogP contribution in [0.1, 0.15) is 28.0 Å². The van der Waals surface area contributed by atoms with Crippen LogP contribution >= 0.6 is 11.3 Å². The van der Waals surface area contributed by atoms with Gasteiger partial charge in [0.25, 0.3) is 5.91 Å². The van der Waals surface area contributed by atoms with Gasteiger partial charge in [0.05, 0.1) is 15.9 Å². The zero-order valence-electron chi connectivity index (χ0n) is 12.8.